The summed E-state index contributed by atoms with van der Waals surface area (Å²) in [5.74, 6) is 3.39. The molecule has 0 radical (unpaired) electrons. The van der Waals surface area contributed by atoms with Crippen LogP contribution in [0.15, 0.2) is 336 Å². The molecule has 0 amide bonds. The van der Waals surface area contributed by atoms with Gasteiger partial charge in [-0.25, -0.2) is 4.98 Å². The maximum atomic E-state index is 4.96. The molecular formula is C101H136N4OS. The summed E-state index contributed by atoms with van der Waals surface area (Å²) in [6, 6.07) is 80.4. The van der Waals surface area contributed by atoms with Gasteiger partial charge in [-0.05, 0) is 141 Å². The summed E-state index contributed by atoms with van der Waals surface area (Å²) in [6.07, 6.45) is 37.3. The Morgan fingerprint density at radius 1 is 0.430 bits per heavy atom. The van der Waals surface area contributed by atoms with E-state index in [1.165, 1.54) is 82.8 Å². The maximum Gasteiger partial charge on any atom is 0.126 e. The summed E-state index contributed by atoms with van der Waals surface area (Å²) in [5.41, 5.74) is 11.2. The highest BCUT2D eigenvalue weighted by atomic mass is 32.1. The van der Waals surface area contributed by atoms with Gasteiger partial charge in [0.1, 0.15) is 5.76 Å². The molecule has 5 nitrogen and oxygen atoms in total. The second-order valence-electron chi connectivity index (χ2n) is 21.9. The van der Waals surface area contributed by atoms with Crippen LogP contribution in [0.3, 0.4) is 0 Å². The maximum absolute atomic E-state index is 4.96. The van der Waals surface area contributed by atoms with Crippen molar-refractivity contribution < 1.29 is 4.42 Å². The average Bonchev–Trinajstić information content (AvgIpc) is 1.46. The van der Waals surface area contributed by atoms with Gasteiger partial charge >= 0.3 is 0 Å². The Morgan fingerprint density at radius 2 is 0.897 bits per heavy atom. The lowest BCUT2D eigenvalue weighted by atomic mass is 10.2. The minimum absolute atomic E-state index is 0. The summed E-state index contributed by atoms with van der Waals surface area (Å²) < 4.78 is 4.86. The number of furan rings is 1. The molecule has 0 bridgehead atoms. The Balaban J connectivity index is -0.000000258. The van der Waals surface area contributed by atoms with E-state index in [1.54, 1.807) is 54.3 Å². The fraction of sp³-hybridized carbons (Fsp3) is 0.238. The number of benzene rings is 6. The van der Waals surface area contributed by atoms with Crippen molar-refractivity contribution in [3.63, 3.8) is 0 Å². The molecule has 0 spiro atoms. The van der Waals surface area contributed by atoms with Crippen molar-refractivity contribution in [1.29, 1.82) is 0 Å². The van der Waals surface area contributed by atoms with Crippen LogP contribution in [0.5, 0.6) is 0 Å². The zero-order valence-electron chi connectivity index (χ0n) is 66.4. The number of allylic oxidation sites excluding steroid dienone is 1. The Bertz CT molecular complexity index is 3700. The van der Waals surface area contributed by atoms with Gasteiger partial charge in [-0.15, -0.1) is 30.3 Å². The molecule has 12 aromatic rings. The zero-order chi connectivity index (χ0) is 78.9. The first-order valence-corrected chi connectivity index (χ1v) is 37.4. The van der Waals surface area contributed by atoms with Gasteiger partial charge < -0.3 is 9.40 Å². The molecule has 107 heavy (non-hydrogen) atoms. The summed E-state index contributed by atoms with van der Waals surface area (Å²) in [5, 5.41) is 4.41. The predicted molar refractivity (Wildman–Crippen MR) is 493 cm³/mol. The molecule has 0 aliphatic carbocycles. The number of unbranched alkanes of at least 4 members (excludes halogenated alkanes) is 4. The number of aryl methyl sites for hydroxylation is 3. The summed E-state index contributed by atoms with van der Waals surface area (Å²) in [4.78, 5) is 16.8. The predicted octanol–water partition coefficient (Wildman–Crippen LogP) is 32.5. The fourth-order valence-electron chi connectivity index (χ4n) is 6.84. The second-order valence-corrected chi connectivity index (χ2v) is 22.8. The first-order valence-electron chi connectivity index (χ1n) is 36.6. The van der Waals surface area contributed by atoms with E-state index in [-0.39, 0.29) is 14.9 Å². The number of aromatic nitrogens is 4. The van der Waals surface area contributed by atoms with Crippen molar-refractivity contribution in [2.24, 2.45) is 0 Å². The van der Waals surface area contributed by atoms with Crippen LogP contribution in [0.25, 0.3) is 64.3 Å². The number of hydrogen-bond acceptors (Lipinski definition) is 5. The Morgan fingerprint density at radius 3 is 1.21 bits per heavy atom. The van der Waals surface area contributed by atoms with Gasteiger partial charge in [0, 0.05) is 52.0 Å². The molecule has 6 heteroatoms. The molecule has 1 N–H and O–H groups in total. The number of hydrogen-bond donors (Lipinski definition) is 1. The Labute approximate surface area is 658 Å². The number of H-pyrrole nitrogens is 1. The van der Waals surface area contributed by atoms with E-state index < -0.39 is 0 Å². The SMILES string of the molecule is C.C.C#CCCCC.C=CCCC.C=Cc1ccc(C)cc1.C=Cc1ccc2ccccc2n1.C=Cc1ccc[nH]1.C=Cc1ccccc1.C=Cc1ccco1.C=Cc1cccs1.C=Cc1ccncc1.CC.CCC.CCC.CCCC.Cc1ccc2ccccc2n1.Cc1ccccc1.c1ccccc1. The molecule has 0 atom stereocenters. The first-order chi connectivity index (χ1) is 51.2. The number of nitrogens with zero attached hydrogens (tertiary/aromatic N) is 3. The minimum atomic E-state index is 0. The summed E-state index contributed by atoms with van der Waals surface area (Å²) in [7, 11) is 0. The van der Waals surface area contributed by atoms with E-state index in [9.17, 15) is 0 Å². The quantitative estimate of drug-likeness (QED) is 0.0752. The third-order valence-electron chi connectivity index (χ3n) is 12.5. The van der Waals surface area contributed by atoms with Crippen molar-refractivity contribution in [2.75, 3.05) is 0 Å². The van der Waals surface area contributed by atoms with Crippen LogP contribution in [0, 0.1) is 33.1 Å². The fourth-order valence-corrected chi connectivity index (χ4v) is 7.41. The lowest BCUT2D eigenvalue weighted by Gasteiger charge is -1.96. The first kappa shape index (κ1) is 107. The van der Waals surface area contributed by atoms with Crippen LogP contribution in [0.1, 0.15) is 197 Å². The van der Waals surface area contributed by atoms with Gasteiger partial charge in [-0.2, -0.15) is 0 Å². The number of fused-ring (bicyclic) bond motifs is 2. The zero-order valence-corrected chi connectivity index (χ0v) is 67.2. The van der Waals surface area contributed by atoms with E-state index in [2.05, 4.69) is 208 Å². The van der Waals surface area contributed by atoms with Gasteiger partial charge in [0.2, 0.25) is 0 Å². The van der Waals surface area contributed by atoms with E-state index >= 15 is 0 Å². The van der Waals surface area contributed by atoms with E-state index in [4.69, 9.17) is 10.8 Å². The number of thiophene rings is 1. The molecule has 6 aromatic carbocycles. The van der Waals surface area contributed by atoms with E-state index in [0.717, 1.165) is 52.3 Å². The van der Waals surface area contributed by atoms with Gasteiger partial charge in [0.15, 0.2) is 0 Å². The average molecular weight is 1450 g/mol. The molecule has 0 aliphatic heterocycles. The minimum Gasteiger partial charge on any atom is -0.465 e. The van der Waals surface area contributed by atoms with Gasteiger partial charge in [0.25, 0.3) is 0 Å². The number of terminal acetylenes is 1. The van der Waals surface area contributed by atoms with Crippen molar-refractivity contribution in [1.82, 2.24) is 19.9 Å². The molecule has 0 saturated carbocycles. The topological polar surface area (TPSA) is 67.6 Å². The highest BCUT2D eigenvalue weighted by Crippen LogP contribution is 2.13. The molecule has 6 heterocycles. The van der Waals surface area contributed by atoms with Crippen molar-refractivity contribution in [2.45, 2.75) is 163 Å². The highest BCUT2D eigenvalue weighted by molar-refractivity contribution is 7.10. The third-order valence-corrected chi connectivity index (χ3v) is 13.3. The smallest absolute Gasteiger partial charge is 0.126 e. The van der Waals surface area contributed by atoms with Gasteiger partial charge in [-0.3, -0.25) is 9.97 Å². The lowest BCUT2D eigenvalue weighted by molar-refractivity contribution is 0.557. The Kier molecular flexibility index (Phi) is 84.0. The Hall–Kier alpha value is -11.0. The van der Waals surface area contributed by atoms with Crippen LogP contribution in [0.2, 0.25) is 0 Å². The lowest BCUT2D eigenvalue weighted by Crippen LogP contribution is -1.81. The molecule has 12 rings (SSSR count). The number of rotatable bonds is 12. The number of aromatic amines is 1. The molecular weight excluding hydrogens is 1320 g/mol. The number of pyridine rings is 3. The van der Waals surface area contributed by atoms with E-state index in [1.807, 2.05) is 239 Å². The largest absolute Gasteiger partial charge is 0.465 e. The molecule has 0 unspecified atom stereocenters. The van der Waals surface area contributed by atoms with Gasteiger partial charge in [-0.1, -0.05) is 386 Å². The molecule has 6 aromatic heterocycles. The van der Waals surface area contributed by atoms with Gasteiger partial charge in [0.05, 0.1) is 23.0 Å². The number of nitrogens with one attached hydrogen (secondary N) is 1. The molecule has 572 valence electrons. The summed E-state index contributed by atoms with van der Waals surface area (Å²) >= 11 is 1.70. The molecule has 0 saturated heterocycles. The summed E-state index contributed by atoms with van der Waals surface area (Å²) in [6.45, 7) is 56.1. The van der Waals surface area contributed by atoms with Crippen molar-refractivity contribution >= 4 is 75.7 Å². The van der Waals surface area contributed by atoms with Crippen LogP contribution in [-0.2, 0) is 0 Å². The second kappa shape index (κ2) is 84.0. The molecule has 0 fully saturated rings. The number of para-hydroxylation sites is 2. The standard InChI is InChI=1S/C11H9N.C10H9N.C9H10.C8H8.C7H7N.C7H8.C6H7N.C6H6O.C6H6S.C6H6.C6H10.C5H10.C4H10.2C3H8.C2H6.2CH4/c1-2-10-8-7-9-5-3-4-6-11(9)12-10;1-8-6-7-9-4-2-3-5-10(9)11-8;1-3-9-6-4-8(2)5-7-9;1-2-8-6-4-3-5-7-8;1-2-7-3-5-8-6-4-7;1-7-5-3-2-4-6-7;3*1-2-6-4-3-5-7-6;1-2-4-6-5-3-1;1-3-5-6-4-2;1-3-5-4-2;1-3-4-2;2*1-3-2;1-2;;/h2-8H,1H2;2-7H,1H3;3-7H,1H2,2H3;2-7H,1H2;2-6H,1H2;2-6H,1H3;2-5,7H,1H2;2*2-5H,1H2;1-6H;1H,4-6H2,2H3;3H,1,4-5H2,2H3;3-4H2,1-2H3;2*3H2,1-2H3;1-2H3;2*1H4. The molecule has 0 aliphatic rings. The van der Waals surface area contributed by atoms with Crippen molar-refractivity contribution in [3.05, 3.63) is 387 Å². The van der Waals surface area contributed by atoms with Crippen LogP contribution in [-0.4, -0.2) is 19.9 Å². The van der Waals surface area contributed by atoms with Crippen LogP contribution in [0.4, 0.5) is 0 Å². The third kappa shape index (κ3) is 67.9. The van der Waals surface area contributed by atoms with Crippen LogP contribution < -0.4 is 0 Å². The monoisotopic (exact) mass is 1450 g/mol. The normalized spacial score (nSPS) is 8.34. The van der Waals surface area contributed by atoms with E-state index in [0.29, 0.717) is 0 Å². The highest BCUT2D eigenvalue weighted by Gasteiger charge is 1.94. The van der Waals surface area contributed by atoms with Crippen molar-refractivity contribution in [3.8, 4) is 12.3 Å². The van der Waals surface area contributed by atoms with Crippen LogP contribution >= 0.6 is 11.3 Å².